The molecular weight excluding hydrogens is 320 g/mol. The zero-order valence-corrected chi connectivity index (χ0v) is 17.0. The van der Waals surface area contributed by atoms with Gasteiger partial charge in [-0.1, -0.05) is 76.2 Å². The first-order chi connectivity index (χ1) is 12.7. The Hall–Kier alpha value is -1.28. The van der Waals surface area contributed by atoms with Crippen molar-refractivity contribution in [2.75, 3.05) is 13.2 Å². The van der Waals surface area contributed by atoms with Crippen LogP contribution in [0.2, 0.25) is 0 Å². The van der Waals surface area contributed by atoms with E-state index in [-0.39, 0.29) is 5.60 Å². The van der Waals surface area contributed by atoms with Crippen LogP contribution < -0.4 is 4.74 Å². The molecule has 2 heteroatoms. The van der Waals surface area contributed by atoms with Crippen molar-refractivity contribution in [3.8, 4) is 5.75 Å². The number of allylic oxidation sites excluding steroid dienone is 2. The maximum absolute atomic E-state index is 5.77. The minimum absolute atomic E-state index is 0.0431. The van der Waals surface area contributed by atoms with Gasteiger partial charge in [0.15, 0.2) is 0 Å². The van der Waals surface area contributed by atoms with Crippen LogP contribution in [0.5, 0.6) is 5.75 Å². The number of rotatable bonds is 15. The summed E-state index contributed by atoms with van der Waals surface area (Å²) >= 11 is 0. The van der Waals surface area contributed by atoms with E-state index in [0.717, 1.165) is 25.2 Å². The molecule has 2 rings (SSSR count). The van der Waals surface area contributed by atoms with Crippen LogP contribution in [-0.4, -0.2) is 18.8 Å². The fraction of sp³-hybridized carbons (Fsp3) is 0.667. The van der Waals surface area contributed by atoms with Gasteiger partial charge >= 0.3 is 0 Å². The second-order valence-corrected chi connectivity index (χ2v) is 7.94. The zero-order chi connectivity index (χ0) is 18.5. The number of ether oxygens (including phenoxy) is 2. The number of hydrogen-bond donors (Lipinski definition) is 0. The molecule has 0 amide bonds. The lowest BCUT2D eigenvalue weighted by atomic mass is 10.1. The quantitative estimate of drug-likeness (QED) is 0.194. The fourth-order valence-corrected chi connectivity index (χ4v) is 3.08. The largest absolute Gasteiger partial charge is 0.491 e. The lowest BCUT2D eigenvalue weighted by Gasteiger charge is -2.09. The van der Waals surface area contributed by atoms with E-state index in [0.29, 0.717) is 6.61 Å². The monoisotopic (exact) mass is 358 g/mol. The first kappa shape index (κ1) is 21.0. The molecule has 0 bridgehead atoms. The highest BCUT2D eigenvalue weighted by molar-refractivity contribution is 5.27. The molecule has 1 aromatic carbocycles. The van der Waals surface area contributed by atoms with Crippen LogP contribution in [-0.2, 0) is 11.2 Å². The van der Waals surface area contributed by atoms with Gasteiger partial charge in [0.25, 0.3) is 0 Å². The van der Waals surface area contributed by atoms with Gasteiger partial charge in [-0.15, -0.1) is 0 Å². The normalized spacial score (nSPS) is 19.2. The molecule has 0 radical (unpaired) electrons. The highest BCUT2D eigenvalue weighted by Crippen LogP contribution is 2.27. The summed E-state index contributed by atoms with van der Waals surface area (Å²) in [6.45, 7) is 5.83. The molecule has 146 valence electrons. The van der Waals surface area contributed by atoms with Crippen molar-refractivity contribution in [3.05, 3.63) is 42.0 Å². The Bertz CT molecular complexity index is 499. The Kier molecular flexibility index (Phi) is 9.84. The van der Waals surface area contributed by atoms with Gasteiger partial charge in [-0.25, -0.2) is 0 Å². The van der Waals surface area contributed by atoms with Crippen LogP contribution in [0.3, 0.4) is 0 Å². The molecule has 1 aliphatic rings. The van der Waals surface area contributed by atoms with Gasteiger partial charge in [0.2, 0.25) is 0 Å². The van der Waals surface area contributed by atoms with E-state index >= 15 is 0 Å². The molecule has 1 heterocycles. The van der Waals surface area contributed by atoms with Crippen molar-refractivity contribution >= 4 is 0 Å². The average molecular weight is 359 g/mol. The minimum Gasteiger partial charge on any atom is -0.491 e. The Labute approximate surface area is 161 Å². The van der Waals surface area contributed by atoms with Crippen LogP contribution in [0.15, 0.2) is 36.4 Å². The third-order valence-electron chi connectivity index (χ3n) is 5.10. The van der Waals surface area contributed by atoms with Gasteiger partial charge in [-0.05, 0) is 50.3 Å². The van der Waals surface area contributed by atoms with Crippen LogP contribution in [0.1, 0.15) is 83.6 Å². The SMILES string of the molecule is CCCCCCCCCC/C=C/CCc1ccc(OCC2(C)CO2)cc1. The standard InChI is InChI=1S/C24H38O2/c1-3-4-5-6-7-8-9-10-11-12-13-14-15-22-16-18-23(19-17-22)25-20-24(2)21-26-24/h12-13,16-19H,3-11,14-15,20-21H2,1-2H3/b13-12+. The molecule has 2 nitrogen and oxygen atoms in total. The third-order valence-corrected chi connectivity index (χ3v) is 5.10. The second-order valence-electron chi connectivity index (χ2n) is 7.94. The van der Waals surface area contributed by atoms with E-state index in [1.807, 2.05) is 0 Å². The number of hydrogen-bond acceptors (Lipinski definition) is 2. The molecule has 1 atom stereocenters. The first-order valence-corrected chi connectivity index (χ1v) is 10.7. The summed E-state index contributed by atoms with van der Waals surface area (Å²) in [6.07, 6.45) is 19.4. The zero-order valence-electron chi connectivity index (χ0n) is 17.0. The van der Waals surface area contributed by atoms with Gasteiger partial charge < -0.3 is 9.47 Å². The molecule has 1 saturated heterocycles. The average Bonchev–Trinajstić information content (AvgIpc) is 3.40. The van der Waals surface area contributed by atoms with E-state index < -0.39 is 0 Å². The van der Waals surface area contributed by atoms with Crippen molar-refractivity contribution in [1.82, 2.24) is 0 Å². The number of benzene rings is 1. The van der Waals surface area contributed by atoms with Crippen molar-refractivity contribution in [1.29, 1.82) is 0 Å². The third kappa shape index (κ3) is 9.43. The summed E-state index contributed by atoms with van der Waals surface area (Å²) in [6, 6.07) is 8.51. The smallest absolute Gasteiger partial charge is 0.123 e. The lowest BCUT2D eigenvalue weighted by molar-refractivity contribution is 0.202. The van der Waals surface area contributed by atoms with E-state index in [9.17, 15) is 0 Å². The fourth-order valence-electron chi connectivity index (χ4n) is 3.08. The summed E-state index contributed by atoms with van der Waals surface area (Å²) in [5.41, 5.74) is 1.33. The van der Waals surface area contributed by atoms with Crippen LogP contribution >= 0.6 is 0 Å². The van der Waals surface area contributed by atoms with E-state index in [2.05, 4.69) is 50.3 Å². The van der Waals surface area contributed by atoms with Gasteiger partial charge in [0.1, 0.15) is 18.0 Å². The highest BCUT2D eigenvalue weighted by atomic mass is 16.6. The topological polar surface area (TPSA) is 21.8 Å². The molecule has 1 aliphatic heterocycles. The Morgan fingerprint density at radius 2 is 1.54 bits per heavy atom. The van der Waals surface area contributed by atoms with Gasteiger partial charge in [0.05, 0.1) is 6.61 Å². The molecule has 0 aromatic heterocycles. The molecule has 0 saturated carbocycles. The summed E-state index contributed by atoms with van der Waals surface area (Å²) in [7, 11) is 0. The first-order valence-electron chi connectivity index (χ1n) is 10.7. The molecule has 0 N–H and O–H groups in total. The van der Waals surface area contributed by atoms with Gasteiger partial charge in [-0.2, -0.15) is 0 Å². The predicted molar refractivity (Wildman–Crippen MR) is 111 cm³/mol. The van der Waals surface area contributed by atoms with Crippen LogP contribution in [0.4, 0.5) is 0 Å². The molecular formula is C24H38O2. The summed E-state index contributed by atoms with van der Waals surface area (Å²) in [4.78, 5) is 0. The summed E-state index contributed by atoms with van der Waals surface area (Å²) < 4.78 is 11.1. The number of aryl methyl sites for hydroxylation is 1. The molecule has 26 heavy (non-hydrogen) atoms. The Morgan fingerprint density at radius 1 is 0.923 bits per heavy atom. The van der Waals surface area contributed by atoms with E-state index in [1.54, 1.807) is 0 Å². The van der Waals surface area contributed by atoms with Crippen molar-refractivity contribution in [2.45, 2.75) is 90.1 Å². The molecule has 0 aliphatic carbocycles. The molecule has 1 fully saturated rings. The predicted octanol–water partition coefficient (Wildman–Crippen LogP) is 6.87. The summed E-state index contributed by atoms with van der Waals surface area (Å²) in [5, 5.41) is 0. The van der Waals surface area contributed by atoms with Gasteiger partial charge in [0, 0.05) is 0 Å². The molecule has 1 aromatic rings. The maximum atomic E-state index is 5.77. The molecule has 0 spiro atoms. The Balaban J connectivity index is 1.45. The minimum atomic E-state index is -0.0431. The van der Waals surface area contributed by atoms with Crippen molar-refractivity contribution in [2.24, 2.45) is 0 Å². The van der Waals surface area contributed by atoms with E-state index in [1.165, 1.54) is 63.4 Å². The number of epoxide rings is 1. The van der Waals surface area contributed by atoms with Crippen molar-refractivity contribution < 1.29 is 9.47 Å². The second kappa shape index (κ2) is 12.2. The lowest BCUT2D eigenvalue weighted by Crippen LogP contribution is -2.16. The highest BCUT2D eigenvalue weighted by Gasteiger charge is 2.40. The van der Waals surface area contributed by atoms with Gasteiger partial charge in [-0.3, -0.25) is 0 Å². The Morgan fingerprint density at radius 3 is 2.19 bits per heavy atom. The van der Waals surface area contributed by atoms with Crippen molar-refractivity contribution in [3.63, 3.8) is 0 Å². The van der Waals surface area contributed by atoms with E-state index in [4.69, 9.17) is 9.47 Å². The maximum Gasteiger partial charge on any atom is 0.123 e. The molecule has 1 unspecified atom stereocenters. The van der Waals surface area contributed by atoms with Crippen LogP contribution in [0, 0.1) is 0 Å². The summed E-state index contributed by atoms with van der Waals surface area (Å²) in [5.74, 6) is 0.940. The van der Waals surface area contributed by atoms with Crippen LogP contribution in [0.25, 0.3) is 0 Å². The number of unbranched alkanes of at least 4 members (excludes halogenated alkanes) is 8.